The van der Waals surface area contributed by atoms with Gasteiger partial charge in [0.15, 0.2) is 30.4 Å². The van der Waals surface area contributed by atoms with E-state index in [4.69, 9.17) is 23.7 Å². The first kappa shape index (κ1) is 34.1. The number of carbonyl (C=O) groups excluding carboxylic acids is 4. The number of esters is 4. The van der Waals surface area contributed by atoms with Crippen LogP contribution in [0, 0.1) is 6.92 Å². The highest BCUT2D eigenvalue weighted by Gasteiger charge is 2.53. The van der Waals surface area contributed by atoms with E-state index in [0.29, 0.717) is 5.56 Å². The minimum Gasteiger partial charge on any atom is -0.463 e. The molecule has 0 aliphatic carbocycles. The average Bonchev–Trinajstić information content (AvgIpc) is 3.46. The van der Waals surface area contributed by atoms with Gasteiger partial charge in [-0.1, -0.05) is 53.2 Å². The molecule has 46 heavy (non-hydrogen) atoms. The number of benzene rings is 2. The Balaban J connectivity index is 1.80. The van der Waals surface area contributed by atoms with E-state index in [9.17, 15) is 27.6 Å². The molecule has 246 valence electrons. The lowest BCUT2D eigenvalue weighted by Crippen LogP contribution is -2.60. The molecule has 0 N–H and O–H groups in total. The lowest BCUT2D eigenvalue weighted by Gasteiger charge is -2.44. The van der Waals surface area contributed by atoms with Gasteiger partial charge in [-0.25, -0.2) is 17.4 Å². The number of hydrogen-bond acceptors (Lipinski definition) is 13. The summed E-state index contributed by atoms with van der Waals surface area (Å²) < 4.78 is 57.7. The summed E-state index contributed by atoms with van der Waals surface area (Å²) in [6.45, 7) is 5.75. The zero-order valence-corrected chi connectivity index (χ0v) is 26.6. The Kier molecular flexibility index (Phi) is 10.7. The zero-order valence-electron chi connectivity index (χ0n) is 25.8. The molecule has 2 heterocycles. The van der Waals surface area contributed by atoms with Gasteiger partial charge in [-0.3, -0.25) is 19.2 Å². The molecule has 15 nitrogen and oxygen atoms in total. The Morgan fingerprint density at radius 1 is 0.826 bits per heavy atom. The maximum atomic E-state index is 14.0. The van der Waals surface area contributed by atoms with Crippen LogP contribution in [0.15, 0.2) is 65.7 Å². The number of ether oxygens (including phenoxy) is 5. The summed E-state index contributed by atoms with van der Waals surface area (Å²) in [6.07, 6.45) is -5.68. The largest absolute Gasteiger partial charge is 0.463 e. The summed E-state index contributed by atoms with van der Waals surface area (Å²) in [5.41, 5.74) is 1.52. The van der Waals surface area contributed by atoms with Crippen molar-refractivity contribution in [2.24, 2.45) is 0 Å². The molecule has 1 aromatic heterocycles. The van der Waals surface area contributed by atoms with Gasteiger partial charge in [-0.15, -0.1) is 5.10 Å². The van der Waals surface area contributed by atoms with Gasteiger partial charge in [-0.2, -0.15) is 0 Å². The van der Waals surface area contributed by atoms with Crippen molar-refractivity contribution in [1.82, 2.24) is 15.0 Å². The summed E-state index contributed by atoms with van der Waals surface area (Å²) in [5.74, 6) is -3.17. The van der Waals surface area contributed by atoms with E-state index in [1.165, 1.54) is 18.3 Å². The highest BCUT2D eigenvalue weighted by atomic mass is 32.2. The number of hydrogen-bond donors (Lipinski definition) is 0. The van der Waals surface area contributed by atoms with E-state index in [1.54, 1.807) is 42.5 Å². The molecular formula is C30H34N4O11S. The highest BCUT2D eigenvalue weighted by Crippen LogP contribution is 2.35. The van der Waals surface area contributed by atoms with Gasteiger partial charge in [0.1, 0.15) is 12.7 Å². The first-order chi connectivity index (χ1) is 21.8. The molecule has 1 aliphatic heterocycles. The predicted octanol–water partition coefficient (Wildman–Crippen LogP) is 2.24. The van der Waals surface area contributed by atoms with Gasteiger partial charge in [0.2, 0.25) is 0 Å². The number of aryl methyl sites for hydroxylation is 1. The molecule has 0 radical (unpaired) electrons. The topological polar surface area (TPSA) is 183 Å². The fraction of sp³-hybridized carbons (Fsp3) is 0.400. The normalized spacial score (nSPS) is 21.1. The quantitative estimate of drug-likeness (QED) is 0.216. The van der Waals surface area contributed by atoms with Crippen LogP contribution in [0.1, 0.15) is 45.0 Å². The van der Waals surface area contributed by atoms with E-state index in [0.717, 1.165) is 42.2 Å². The Labute approximate surface area is 265 Å². The molecule has 2 aromatic carbocycles. The first-order valence-electron chi connectivity index (χ1n) is 14.1. The summed E-state index contributed by atoms with van der Waals surface area (Å²) >= 11 is 0. The van der Waals surface area contributed by atoms with E-state index < -0.39 is 71.2 Å². The second-order valence-corrected chi connectivity index (χ2v) is 12.3. The van der Waals surface area contributed by atoms with Gasteiger partial charge >= 0.3 is 23.9 Å². The Hall–Kier alpha value is -4.83. The van der Waals surface area contributed by atoms with E-state index in [2.05, 4.69) is 10.3 Å². The second kappa shape index (κ2) is 14.5. The number of sulfonamides is 1. The van der Waals surface area contributed by atoms with E-state index >= 15 is 0 Å². The molecule has 0 amide bonds. The van der Waals surface area contributed by atoms with Gasteiger partial charge in [0, 0.05) is 27.7 Å². The summed E-state index contributed by atoms with van der Waals surface area (Å²) in [4.78, 5) is 48.1. The lowest BCUT2D eigenvalue weighted by molar-refractivity contribution is -0.270. The van der Waals surface area contributed by atoms with Crippen molar-refractivity contribution >= 4 is 39.7 Å². The second-order valence-electron chi connectivity index (χ2n) is 10.5. The predicted molar refractivity (Wildman–Crippen MR) is 158 cm³/mol. The van der Waals surface area contributed by atoms with E-state index in [-0.39, 0.29) is 17.3 Å². The fourth-order valence-electron chi connectivity index (χ4n) is 4.80. The molecule has 5 atom stereocenters. The number of anilines is 1. The third-order valence-corrected chi connectivity index (χ3v) is 8.52. The van der Waals surface area contributed by atoms with Gasteiger partial charge in [0.25, 0.3) is 10.0 Å². The number of aromatic nitrogens is 3. The smallest absolute Gasteiger partial charge is 0.303 e. The van der Waals surface area contributed by atoms with Crippen molar-refractivity contribution in [3.63, 3.8) is 0 Å². The average molecular weight is 659 g/mol. The Bertz CT molecular complexity index is 1660. The van der Waals surface area contributed by atoms with Crippen LogP contribution < -0.4 is 4.31 Å². The fourth-order valence-corrected chi connectivity index (χ4v) is 6.18. The van der Waals surface area contributed by atoms with Crippen LogP contribution in [-0.2, 0) is 59.4 Å². The van der Waals surface area contributed by atoms with Gasteiger partial charge < -0.3 is 23.7 Å². The standard InChI is InChI=1S/C30H34N4O11S/c1-18-11-13-24(14-12-18)46(39,40)34(15-23-9-7-6-8-10-23)26-16-33(32-31-26)30-29(44-22(5)38)28(43-21(4)37)27(42-20(3)36)25(45-30)17-41-19(2)35/h6-14,16,25,27-30H,15,17H2,1-5H3/t25-,27-,28+,29-,30-/m1/s1. The van der Waals surface area contributed by atoms with Crippen LogP contribution >= 0.6 is 0 Å². The molecule has 0 saturated carbocycles. The van der Waals surface area contributed by atoms with Crippen LogP contribution in [0.5, 0.6) is 0 Å². The Morgan fingerprint density at radius 2 is 1.41 bits per heavy atom. The minimum absolute atomic E-state index is 0.0101. The molecule has 1 saturated heterocycles. The Morgan fingerprint density at radius 3 is 2.00 bits per heavy atom. The molecule has 16 heteroatoms. The molecular weight excluding hydrogens is 624 g/mol. The van der Waals surface area contributed by atoms with Crippen molar-refractivity contribution in [3.8, 4) is 0 Å². The number of nitrogens with zero attached hydrogens (tertiary/aromatic N) is 4. The monoisotopic (exact) mass is 658 g/mol. The van der Waals surface area contributed by atoms with Crippen LogP contribution in [0.25, 0.3) is 0 Å². The van der Waals surface area contributed by atoms with Crippen LogP contribution in [-0.4, -0.2) is 78.3 Å². The summed E-state index contributed by atoms with van der Waals surface area (Å²) in [5, 5.41) is 8.22. The number of rotatable bonds is 11. The third kappa shape index (κ3) is 8.25. The van der Waals surface area contributed by atoms with Crippen LogP contribution in [0.3, 0.4) is 0 Å². The lowest BCUT2D eigenvalue weighted by atomic mass is 9.97. The van der Waals surface area contributed by atoms with Crippen molar-refractivity contribution < 1.29 is 51.3 Å². The molecule has 1 fully saturated rings. The molecule has 0 unspecified atom stereocenters. The van der Waals surface area contributed by atoms with Crippen molar-refractivity contribution in [1.29, 1.82) is 0 Å². The van der Waals surface area contributed by atoms with Gasteiger partial charge in [0.05, 0.1) is 17.6 Å². The minimum atomic E-state index is -4.19. The van der Waals surface area contributed by atoms with E-state index in [1.807, 2.05) is 6.92 Å². The van der Waals surface area contributed by atoms with Gasteiger partial charge in [-0.05, 0) is 24.6 Å². The maximum Gasteiger partial charge on any atom is 0.303 e. The van der Waals surface area contributed by atoms with Crippen molar-refractivity contribution in [2.75, 3.05) is 10.9 Å². The van der Waals surface area contributed by atoms with Crippen molar-refractivity contribution in [2.45, 2.75) is 76.7 Å². The molecule has 4 rings (SSSR count). The van der Waals surface area contributed by atoms with Crippen LogP contribution in [0.4, 0.5) is 5.82 Å². The maximum absolute atomic E-state index is 14.0. The molecule has 0 spiro atoms. The zero-order chi connectivity index (χ0) is 33.6. The van der Waals surface area contributed by atoms with Crippen LogP contribution in [0.2, 0.25) is 0 Å². The SMILES string of the molecule is CC(=O)OC[C@H]1O[C@@H](n2cc(N(Cc3ccccc3)S(=O)(=O)c3ccc(C)cc3)nn2)[C@H](OC(C)=O)[C@@H](OC(C)=O)[C@@H]1OC(C)=O. The van der Waals surface area contributed by atoms with Crippen molar-refractivity contribution in [3.05, 3.63) is 71.9 Å². The summed E-state index contributed by atoms with van der Waals surface area (Å²) in [7, 11) is -4.19. The molecule has 3 aromatic rings. The summed E-state index contributed by atoms with van der Waals surface area (Å²) in [6, 6.07) is 15.1. The first-order valence-corrected chi connectivity index (χ1v) is 15.6. The highest BCUT2D eigenvalue weighted by molar-refractivity contribution is 7.92. The molecule has 1 aliphatic rings. The molecule has 0 bridgehead atoms. The third-order valence-electron chi connectivity index (χ3n) is 6.76. The number of carbonyl (C=O) groups is 4.